The summed E-state index contributed by atoms with van der Waals surface area (Å²) in [5, 5.41) is 8.56. The molecule has 0 spiro atoms. The lowest BCUT2D eigenvalue weighted by Crippen LogP contribution is -2.05. The van der Waals surface area contributed by atoms with Crippen molar-refractivity contribution < 1.29 is 8.78 Å². The molecule has 5 aromatic rings. The van der Waals surface area contributed by atoms with Crippen LogP contribution in [0.15, 0.2) is 84.9 Å². The number of benzene rings is 3. The van der Waals surface area contributed by atoms with E-state index in [0.29, 0.717) is 29.0 Å². The van der Waals surface area contributed by atoms with E-state index < -0.39 is 0 Å². The lowest BCUT2D eigenvalue weighted by Gasteiger charge is -2.09. The molecule has 2 heterocycles. The van der Waals surface area contributed by atoms with E-state index in [4.69, 9.17) is 4.98 Å². The summed E-state index contributed by atoms with van der Waals surface area (Å²) in [5.41, 5.74) is 4.36. The first kappa shape index (κ1) is 18.1. The number of hydrogen-bond donors (Lipinski definition) is 0. The van der Waals surface area contributed by atoms with Crippen LogP contribution in [0.5, 0.6) is 0 Å². The van der Waals surface area contributed by atoms with Gasteiger partial charge in [0.15, 0.2) is 0 Å². The van der Waals surface area contributed by atoms with Crippen LogP contribution in [0.1, 0.15) is 11.4 Å². The van der Waals surface area contributed by atoms with E-state index in [-0.39, 0.29) is 11.6 Å². The molecule has 146 valence electrons. The highest BCUT2D eigenvalue weighted by molar-refractivity contribution is 5.79. The van der Waals surface area contributed by atoms with Crippen LogP contribution < -0.4 is 0 Å². The Kier molecular flexibility index (Phi) is 4.52. The summed E-state index contributed by atoms with van der Waals surface area (Å²) in [6, 6.07) is 24.3. The monoisotopic (exact) mass is 398 g/mol. The van der Waals surface area contributed by atoms with Crippen LogP contribution in [-0.2, 0) is 6.42 Å². The van der Waals surface area contributed by atoms with E-state index in [9.17, 15) is 8.78 Å². The molecule has 0 atom stereocenters. The average molecular weight is 398 g/mol. The number of aromatic nitrogens is 4. The minimum absolute atomic E-state index is 0.304. The van der Waals surface area contributed by atoms with Crippen molar-refractivity contribution in [3.05, 3.63) is 108 Å². The van der Waals surface area contributed by atoms with Crippen LogP contribution in [0.2, 0.25) is 0 Å². The predicted octanol–water partition coefficient (Wildman–Crippen LogP) is 5.33. The van der Waals surface area contributed by atoms with Crippen molar-refractivity contribution in [3.8, 4) is 22.5 Å². The highest BCUT2D eigenvalue weighted by Gasteiger charge is 2.16. The molecule has 6 heteroatoms. The van der Waals surface area contributed by atoms with Crippen LogP contribution in [0, 0.1) is 11.6 Å². The Labute approximate surface area is 171 Å². The molecule has 4 nitrogen and oxygen atoms in total. The Morgan fingerprint density at radius 1 is 0.733 bits per heavy atom. The molecular formula is C24H16F2N4. The zero-order chi connectivity index (χ0) is 20.5. The van der Waals surface area contributed by atoms with Gasteiger partial charge in [-0.1, -0.05) is 59.8 Å². The van der Waals surface area contributed by atoms with E-state index >= 15 is 0 Å². The van der Waals surface area contributed by atoms with Crippen molar-refractivity contribution in [2.24, 2.45) is 0 Å². The molecule has 0 aliphatic heterocycles. The van der Waals surface area contributed by atoms with Crippen molar-refractivity contribution in [1.82, 2.24) is 19.8 Å². The fourth-order valence-electron chi connectivity index (χ4n) is 3.50. The molecule has 0 aliphatic carbocycles. The van der Waals surface area contributed by atoms with Gasteiger partial charge in [-0.05, 0) is 35.9 Å². The average Bonchev–Trinajstić information content (AvgIpc) is 3.19. The fraction of sp³-hybridized carbons (Fsp3) is 0.0417. The molecule has 0 saturated heterocycles. The minimum atomic E-state index is -0.342. The molecule has 2 aromatic heterocycles. The maximum absolute atomic E-state index is 13.8. The lowest BCUT2D eigenvalue weighted by atomic mass is 10.1. The highest BCUT2D eigenvalue weighted by Crippen LogP contribution is 2.27. The van der Waals surface area contributed by atoms with Gasteiger partial charge in [0.25, 0.3) is 0 Å². The number of halogens is 2. The smallest absolute Gasteiger partial charge is 0.137 e. The molecule has 0 radical (unpaired) electrons. The standard InChI is InChI=1S/C24H16F2N4/c25-19-10-4-6-16(12-19)13-23-27-21(17-7-2-1-3-8-17)15-22-24(28-29-30(22)23)18-9-5-11-20(26)14-18/h1-12,14-15H,13H2. The molecule has 0 fully saturated rings. The SMILES string of the molecule is Fc1cccc(Cc2nc(-c3ccccc3)cc3c(-c4cccc(F)c4)nnn23)c1. The zero-order valence-electron chi connectivity index (χ0n) is 15.8. The minimum Gasteiger partial charge on any atom is -0.232 e. The first-order valence-electron chi connectivity index (χ1n) is 9.48. The molecule has 3 aromatic carbocycles. The van der Waals surface area contributed by atoms with Gasteiger partial charge < -0.3 is 0 Å². The van der Waals surface area contributed by atoms with E-state index in [2.05, 4.69) is 10.3 Å². The topological polar surface area (TPSA) is 43.1 Å². The van der Waals surface area contributed by atoms with Crippen LogP contribution in [0.4, 0.5) is 8.78 Å². The molecule has 5 rings (SSSR count). The third kappa shape index (κ3) is 3.43. The molecule has 0 aliphatic rings. The van der Waals surface area contributed by atoms with Gasteiger partial charge in [-0.2, -0.15) is 4.52 Å². The fourth-order valence-corrected chi connectivity index (χ4v) is 3.50. The van der Waals surface area contributed by atoms with Crippen molar-refractivity contribution in [2.45, 2.75) is 6.42 Å². The molecule has 0 N–H and O–H groups in total. The molecule has 30 heavy (non-hydrogen) atoms. The molecular weight excluding hydrogens is 382 g/mol. The van der Waals surface area contributed by atoms with Gasteiger partial charge in [0.2, 0.25) is 0 Å². The summed E-state index contributed by atoms with van der Waals surface area (Å²) in [5.74, 6) is -0.0277. The summed E-state index contributed by atoms with van der Waals surface area (Å²) in [7, 11) is 0. The quantitative estimate of drug-likeness (QED) is 0.411. The zero-order valence-corrected chi connectivity index (χ0v) is 15.8. The van der Waals surface area contributed by atoms with E-state index in [1.165, 1.54) is 24.3 Å². The molecule has 0 saturated carbocycles. The van der Waals surface area contributed by atoms with Crippen molar-refractivity contribution in [3.63, 3.8) is 0 Å². The van der Waals surface area contributed by atoms with Gasteiger partial charge in [0.1, 0.15) is 23.2 Å². The van der Waals surface area contributed by atoms with Crippen LogP contribution >= 0.6 is 0 Å². The van der Waals surface area contributed by atoms with Crippen LogP contribution in [-0.4, -0.2) is 19.8 Å². The van der Waals surface area contributed by atoms with Crippen molar-refractivity contribution >= 4 is 5.52 Å². The molecule has 0 unspecified atom stereocenters. The Morgan fingerprint density at radius 2 is 1.47 bits per heavy atom. The number of fused-ring (bicyclic) bond motifs is 1. The molecule has 0 amide bonds. The van der Waals surface area contributed by atoms with Gasteiger partial charge in [0.05, 0.1) is 11.2 Å². The first-order valence-corrected chi connectivity index (χ1v) is 9.48. The van der Waals surface area contributed by atoms with Gasteiger partial charge in [-0.25, -0.2) is 13.8 Å². The van der Waals surface area contributed by atoms with Gasteiger partial charge in [0, 0.05) is 17.5 Å². The maximum Gasteiger partial charge on any atom is 0.137 e. The predicted molar refractivity (Wildman–Crippen MR) is 111 cm³/mol. The number of rotatable bonds is 4. The Balaban J connectivity index is 1.72. The number of nitrogens with zero attached hydrogens (tertiary/aromatic N) is 4. The maximum atomic E-state index is 13.8. The Hall–Kier alpha value is -3.93. The van der Waals surface area contributed by atoms with Crippen molar-refractivity contribution in [1.29, 1.82) is 0 Å². The summed E-state index contributed by atoms with van der Waals surface area (Å²) in [6.07, 6.45) is 0.376. The Morgan fingerprint density at radius 3 is 2.23 bits per heavy atom. The van der Waals surface area contributed by atoms with Crippen LogP contribution in [0.3, 0.4) is 0 Å². The second-order valence-corrected chi connectivity index (χ2v) is 6.98. The van der Waals surface area contributed by atoms with E-state index in [0.717, 1.165) is 16.8 Å². The number of hydrogen-bond acceptors (Lipinski definition) is 3. The third-order valence-electron chi connectivity index (χ3n) is 4.89. The normalized spacial score (nSPS) is 11.1. The van der Waals surface area contributed by atoms with E-state index in [1.807, 2.05) is 42.5 Å². The molecule has 0 bridgehead atoms. The summed E-state index contributed by atoms with van der Waals surface area (Å²) in [6.45, 7) is 0. The van der Waals surface area contributed by atoms with Crippen molar-refractivity contribution in [2.75, 3.05) is 0 Å². The summed E-state index contributed by atoms with van der Waals surface area (Å²) < 4.78 is 29.1. The van der Waals surface area contributed by atoms with Crippen LogP contribution in [0.25, 0.3) is 28.0 Å². The summed E-state index contributed by atoms with van der Waals surface area (Å²) >= 11 is 0. The lowest BCUT2D eigenvalue weighted by molar-refractivity contribution is 0.625. The Bertz CT molecular complexity index is 1350. The summed E-state index contributed by atoms with van der Waals surface area (Å²) in [4.78, 5) is 4.78. The van der Waals surface area contributed by atoms with Gasteiger partial charge in [-0.15, -0.1) is 5.10 Å². The first-order chi connectivity index (χ1) is 14.7. The third-order valence-corrected chi connectivity index (χ3v) is 4.89. The van der Waals surface area contributed by atoms with E-state index in [1.54, 1.807) is 22.7 Å². The highest BCUT2D eigenvalue weighted by atomic mass is 19.1. The largest absolute Gasteiger partial charge is 0.232 e. The second kappa shape index (κ2) is 7.48. The second-order valence-electron chi connectivity index (χ2n) is 6.98. The van der Waals surface area contributed by atoms with Gasteiger partial charge >= 0.3 is 0 Å². The van der Waals surface area contributed by atoms with Gasteiger partial charge in [-0.3, -0.25) is 0 Å².